The maximum atomic E-state index is 3.99. The van der Waals surface area contributed by atoms with Crippen molar-refractivity contribution >= 4 is 0 Å². The van der Waals surface area contributed by atoms with E-state index in [0.717, 1.165) is 12.3 Å². The minimum Gasteiger partial charge on any atom is -0.0654 e. The summed E-state index contributed by atoms with van der Waals surface area (Å²) >= 11 is 0. The number of unbranched alkanes of at least 4 members (excludes halogenated alkanes) is 16. The van der Waals surface area contributed by atoms with Gasteiger partial charge in [0.25, 0.3) is 0 Å². The molecule has 0 aliphatic heterocycles. The molecule has 0 aromatic carbocycles. The lowest BCUT2D eigenvalue weighted by Crippen LogP contribution is -2.01. The molecule has 0 saturated heterocycles. The van der Waals surface area contributed by atoms with E-state index >= 15 is 0 Å². The number of rotatable bonds is 22. The third-order valence-corrected chi connectivity index (χ3v) is 6.04. The van der Waals surface area contributed by atoms with Crippen LogP contribution in [0.1, 0.15) is 155 Å². The minimum absolute atomic E-state index is 1.01. The van der Waals surface area contributed by atoms with Gasteiger partial charge in [-0.2, -0.15) is 0 Å². The van der Waals surface area contributed by atoms with E-state index in [1.54, 1.807) is 0 Å². The first-order valence-corrected chi connectivity index (χ1v) is 12.6. The maximum absolute atomic E-state index is 3.99. The molecular formula is C26H53. The molecule has 0 N–H and O–H groups in total. The molecule has 0 aliphatic rings. The van der Waals surface area contributed by atoms with Gasteiger partial charge in [0.1, 0.15) is 0 Å². The second-order valence-corrected chi connectivity index (χ2v) is 8.74. The summed E-state index contributed by atoms with van der Waals surface area (Å²) in [7, 11) is 0. The number of hydrogen-bond donors (Lipinski definition) is 0. The molecule has 0 aromatic heterocycles. The summed E-state index contributed by atoms with van der Waals surface area (Å²) in [5.41, 5.74) is 0. The summed E-state index contributed by atoms with van der Waals surface area (Å²) < 4.78 is 0. The monoisotopic (exact) mass is 365 g/mol. The third kappa shape index (κ3) is 20.3. The van der Waals surface area contributed by atoms with Crippen molar-refractivity contribution in [3.05, 3.63) is 6.92 Å². The van der Waals surface area contributed by atoms with E-state index in [1.807, 2.05) is 0 Å². The zero-order valence-electron chi connectivity index (χ0n) is 18.8. The molecule has 1 atom stereocenters. The van der Waals surface area contributed by atoms with E-state index in [9.17, 15) is 0 Å². The van der Waals surface area contributed by atoms with E-state index in [0.29, 0.717) is 0 Å². The van der Waals surface area contributed by atoms with Gasteiger partial charge in [0.2, 0.25) is 0 Å². The molecule has 0 nitrogen and oxygen atoms in total. The molecule has 0 heterocycles. The van der Waals surface area contributed by atoms with Crippen molar-refractivity contribution in [1.29, 1.82) is 0 Å². The highest BCUT2D eigenvalue weighted by molar-refractivity contribution is 4.61. The van der Waals surface area contributed by atoms with Crippen molar-refractivity contribution in [2.24, 2.45) is 5.92 Å². The first-order valence-electron chi connectivity index (χ1n) is 12.6. The van der Waals surface area contributed by atoms with Gasteiger partial charge in [-0.25, -0.2) is 0 Å². The Labute approximate surface area is 168 Å². The average Bonchev–Trinajstić information content (AvgIpc) is 2.66. The van der Waals surface area contributed by atoms with Gasteiger partial charge in [-0.15, -0.1) is 0 Å². The van der Waals surface area contributed by atoms with Gasteiger partial charge in [0, 0.05) is 0 Å². The Morgan fingerprint density at radius 1 is 0.423 bits per heavy atom. The van der Waals surface area contributed by atoms with Gasteiger partial charge in [0.05, 0.1) is 0 Å². The van der Waals surface area contributed by atoms with Crippen molar-refractivity contribution in [2.75, 3.05) is 0 Å². The largest absolute Gasteiger partial charge is 0.0654 e. The van der Waals surface area contributed by atoms with Gasteiger partial charge in [-0.1, -0.05) is 162 Å². The van der Waals surface area contributed by atoms with Crippen LogP contribution in [-0.4, -0.2) is 0 Å². The highest BCUT2D eigenvalue weighted by Crippen LogP contribution is 2.23. The summed E-state index contributed by atoms with van der Waals surface area (Å²) in [6.07, 6.45) is 31.7. The highest BCUT2D eigenvalue weighted by Gasteiger charge is 2.07. The first-order chi connectivity index (χ1) is 12.8. The van der Waals surface area contributed by atoms with Crippen LogP contribution in [0.25, 0.3) is 0 Å². The van der Waals surface area contributed by atoms with Crippen LogP contribution in [0, 0.1) is 12.8 Å². The topological polar surface area (TPSA) is 0 Å². The Hall–Kier alpha value is 0. The summed E-state index contributed by atoms with van der Waals surface area (Å²) in [6.45, 7) is 8.62. The van der Waals surface area contributed by atoms with E-state index in [4.69, 9.17) is 0 Å². The molecule has 0 fully saturated rings. The molecule has 0 heteroatoms. The van der Waals surface area contributed by atoms with Crippen LogP contribution in [0.3, 0.4) is 0 Å². The highest BCUT2D eigenvalue weighted by atomic mass is 14.1. The Kier molecular flexibility index (Phi) is 23.0. The lowest BCUT2D eigenvalue weighted by molar-refractivity contribution is 0.374. The quantitative estimate of drug-likeness (QED) is 0.167. The molecule has 26 heavy (non-hydrogen) atoms. The fourth-order valence-corrected chi connectivity index (χ4v) is 4.16. The predicted molar refractivity (Wildman–Crippen MR) is 122 cm³/mol. The minimum atomic E-state index is 1.01. The predicted octanol–water partition coefficient (Wildman–Crippen LogP) is 10.1. The molecular weight excluding hydrogens is 312 g/mol. The lowest BCUT2D eigenvalue weighted by atomic mass is 9.90. The third-order valence-electron chi connectivity index (χ3n) is 6.04. The van der Waals surface area contributed by atoms with Crippen molar-refractivity contribution < 1.29 is 0 Å². The Bertz CT molecular complexity index is 232. The molecule has 0 aliphatic carbocycles. The van der Waals surface area contributed by atoms with E-state index in [2.05, 4.69) is 20.8 Å². The summed E-state index contributed by atoms with van der Waals surface area (Å²) in [4.78, 5) is 0. The van der Waals surface area contributed by atoms with Crippen LogP contribution < -0.4 is 0 Å². The molecule has 0 saturated carbocycles. The van der Waals surface area contributed by atoms with E-state index in [-0.39, 0.29) is 0 Å². The van der Waals surface area contributed by atoms with Crippen LogP contribution in [0.4, 0.5) is 0 Å². The van der Waals surface area contributed by atoms with Gasteiger partial charge in [0.15, 0.2) is 0 Å². The lowest BCUT2D eigenvalue weighted by Gasteiger charge is -2.16. The maximum Gasteiger partial charge on any atom is -0.0414 e. The zero-order valence-corrected chi connectivity index (χ0v) is 18.8. The smallest absolute Gasteiger partial charge is 0.0414 e. The normalized spacial score (nSPS) is 12.6. The fourth-order valence-electron chi connectivity index (χ4n) is 4.16. The second-order valence-electron chi connectivity index (χ2n) is 8.74. The van der Waals surface area contributed by atoms with Gasteiger partial charge >= 0.3 is 0 Å². The average molecular weight is 366 g/mol. The molecule has 157 valence electrons. The van der Waals surface area contributed by atoms with Crippen LogP contribution in [0.15, 0.2) is 0 Å². The molecule has 1 radical (unpaired) electrons. The van der Waals surface area contributed by atoms with Crippen LogP contribution >= 0.6 is 0 Å². The Morgan fingerprint density at radius 2 is 0.769 bits per heavy atom. The van der Waals surface area contributed by atoms with Crippen molar-refractivity contribution in [3.63, 3.8) is 0 Å². The van der Waals surface area contributed by atoms with Gasteiger partial charge in [-0.05, 0) is 5.92 Å². The van der Waals surface area contributed by atoms with Crippen LogP contribution in [0.5, 0.6) is 0 Å². The van der Waals surface area contributed by atoms with Gasteiger partial charge < -0.3 is 0 Å². The van der Waals surface area contributed by atoms with Crippen molar-refractivity contribution in [3.8, 4) is 0 Å². The Morgan fingerprint density at radius 3 is 1.19 bits per heavy atom. The molecule has 0 rings (SSSR count). The summed E-state index contributed by atoms with van der Waals surface area (Å²) in [5, 5.41) is 0. The second kappa shape index (κ2) is 23.0. The Balaban J connectivity index is 3.33. The molecule has 0 spiro atoms. The first kappa shape index (κ1) is 26.0. The van der Waals surface area contributed by atoms with Gasteiger partial charge in [-0.3, -0.25) is 0 Å². The molecule has 0 aromatic rings. The molecule has 1 unspecified atom stereocenters. The van der Waals surface area contributed by atoms with Crippen molar-refractivity contribution in [2.45, 2.75) is 155 Å². The van der Waals surface area contributed by atoms with E-state index in [1.165, 1.54) is 135 Å². The van der Waals surface area contributed by atoms with E-state index < -0.39 is 0 Å². The van der Waals surface area contributed by atoms with Crippen LogP contribution in [0.2, 0.25) is 0 Å². The standard InChI is InChI=1S/C26H53/c1-4-7-10-11-12-13-14-15-16-17-18-19-20-22-25-26(23-9-6-3)24-21-8-5-2/h26H,2,4-25H2,1,3H3. The molecule has 0 amide bonds. The SMILES string of the molecule is [CH2]CCCCC(CCCC)CCCCCCCCCCCCCCCC. The number of hydrogen-bond acceptors (Lipinski definition) is 0. The fraction of sp³-hybridized carbons (Fsp3) is 0.962. The summed E-state index contributed by atoms with van der Waals surface area (Å²) in [5.74, 6) is 1.01. The van der Waals surface area contributed by atoms with Crippen LogP contribution in [-0.2, 0) is 0 Å². The molecule has 0 bridgehead atoms. The van der Waals surface area contributed by atoms with Crippen molar-refractivity contribution in [1.82, 2.24) is 0 Å². The summed E-state index contributed by atoms with van der Waals surface area (Å²) in [6, 6.07) is 0. The zero-order chi connectivity index (χ0) is 19.1.